The van der Waals surface area contributed by atoms with E-state index in [1.54, 1.807) is 0 Å². The third kappa shape index (κ3) is 188. The predicted octanol–water partition coefficient (Wildman–Crippen LogP) is -0.483. The molecule has 1 radical (unpaired) electrons. The molecule has 0 atom stereocenters. The molecule has 7 heteroatoms. The molecule has 0 aromatic heterocycles. The molecule has 0 rings (SSSR count). The van der Waals surface area contributed by atoms with Crippen LogP contribution in [-0.2, 0) is 65.3 Å². The summed E-state index contributed by atoms with van der Waals surface area (Å²) in [6.45, 7) is 0. The fraction of sp³-hybridized carbons (Fsp3) is 0. The molecule has 0 aliphatic heterocycles. The molecule has 0 N–H and O–H groups in total. The van der Waals surface area contributed by atoms with E-state index in [1.165, 1.54) is 0 Å². The Morgan fingerprint density at radius 3 is 1.14 bits per heavy atom. The molecule has 0 aromatic rings. The van der Waals surface area contributed by atoms with Crippen LogP contribution in [0.3, 0.4) is 0 Å². The first-order chi connectivity index (χ1) is 2.83. The van der Waals surface area contributed by atoms with Crippen molar-refractivity contribution in [1.29, 1.82) is 0 Å². The molecule has 0 amide bonds. The Kier molecular flexibility index (Phi) is 63.3. The van der Waals surface area contributed by atoms with Gasteiger partial charge in [0.05, 0.1) is 0 Å². The Balaban J connectivity index is -0.0000000400. The zero-order valence-electron chi connectivity index (χ0n) is 2.89. The summed E-state index contributed by atoms with van der Waals surface area (Å²) in [5.74, 6) is 0. The van der Waals surface area contributed by atoms with Gasteiger partial charge in [0.2, 0.25) is 0 Å². The summed E-state index contributed by atoms with van der Waals surface area (Å²) >= 11 is -3.44. The van der Waals surface area contributed by atoms with Crippen molar-refractivity contribution >= 4 is 0 Å². The number of hydrogen-bond donors (Lipinski definition) is 0. The minimum absolute atomic E-state index is 0. The molecule has 0 saturated carbocycles. The van der Waals surface area contributed by atoms with Gasteiger partial charge >= 0.3 is 48.2 Å². The van der Waals surface area contributed by atoms with Crippen LogP contribution >= 0.6 is 0 Å². The number of rotatable bonds is 0. The van der Waals surface area contributed by atoms with Crippen LogP contribution in [0.1, 0.15) is 0 Å². The first-order valence-electron chi connectivity index (χ1n) is 0.717. The van der Waals surface area contributed by atoms with Gasteiger partial charge < -0.3 is 0 Å². The van der Waals surface area contributed by atoms with Crippen LogP contribution in [0.4, 0.5) is 0 Å². The van der Waals surface area contributed by atoms with E-state index in [0.717, 1.165) is 0 Å². The van der Waals surface area contributed by atoms with E-state index in [1.807, 2.05) is 0 Å². The van der Waals surface area contributed by atoms with Crippen LogP contribution in [0.5, 0.6) is 0 Å². The molecule has 0 fully saturated rings. The van der Waals surface area contributed by atoms with Crippen molar-refractivity contribution in [3.8, 4) is 0 Å². The Morgan fingerprint density at radius 1 is 1.14 bits per heavy atom. The minimum atomic E-state index is -2.00. The summed E-state index contributed by atoms with van der Waals surface area (Å²) in [6, 6.07) is 0. The van der Waals surface area contributed by atoms with Crippen LogP contribution in [-0.4, -0.2) is 0 Å². The second-order valence-electron chi connectivity index (χ2n) is 0.146. The van der Waals surface area contributed by atoms with E-state index in [4.69, 9.17) is 14.3 Å². The second kappa shape index (κ2) is 28.3. The van der Waals surface area contributed by atoms with Gasteiger partial charge in [-0.2, -0.15) is 0 Å². The average Bonchev–Trinajstić information content (AvgIpc) is 1.39. The van der Waals surface area contributed by atoms with E-state index >= 15 is 0 Å². The third-order valence-electron chi connectivity index (χ3n) is 0. The summed E-state index contributed by atoms with van der Waals surface area (Å²) in [7, 11) is 0. The molecular formula is Mn2O4Ti. The Hall–Kier alpha value is 0.953. The fourth-order valence-corrected chi connectivity index (χ4v) is 0. The molecule has 42 valence electrons. The van der Waals surface area contributed by atoms with Gasteiger partial charge in [0, 0.05) is 17.1 Å². The van der Waals surface area contributed by atoms with Gasteiger partial charge in [-0.15, -0.1) is 0 Å². The first kappa shape index (κ1) is 15.7. The van der Waals surface area contributed by atoms with Crippen LogP contribution in [0.25, 0.3) is 0 Å². The molecule has 4 nitrogen and oxygen atoms in total. The van der Waals surface area contributed by atoms with E-state index in [-0.39, 0.29) is 17.1 Å². The van der Waals surface area contributed by atoms with E-state index in [2.05, 4.69) is 0 Å². The van der Waals surface area contributed by atoms with Gasteiger partial charge in [0.15, 0.2) is 0 Å². The van der Waals surface area contributed by atoms with Crippen LogP contribution < -0.4 is 0 Å². The topological polar surface area (TPSA) is 68.3 Å². The second-order valence-corrected chi connectivity index (χ2v) is 0.603. The van der Waals surface area contributed by atoms with Crippen molar-refractivity contribution in [2.75, 3.05) is 0 Å². The van der Waals surface area contributed by atoms with Crippen LogP contribution in [0.15, 0.2) is 0 Å². The summed E-state index contributed by atoms with van der Waals surface area (Å²) in [5, 5.41) is 0. The van der Waals surface area contributed by atoms with Gasteiger partial charge in [0.1, 0.15) is 0 Å². The Bertz CT molecular complexity index is 63.7. The average molecular weight is 222 g/mol. The van der Waals surface area contributed by atoms with Crippen LogP contribution in [0, 0.1) is 0 Å². The molecule has 7 heavy (non-hydrogen) atoms. The molecule has 0 spiro atoms. The normalized spacial score (nSPS) is 2.86. The van der Waals surface area contributed by atoms with Gasteiger partial charge in [-0.25, -0.2) is 0 Å². The van der Waals surface area contributed by atoms with E-state index in [9.17, 15) is 0 Å². The Labute approximate surface area is 65.0 Å². The quantitative estimate of drug-likeness (QED) is 0.518. The van der Waals surface area contributed by atoms with E-state index < -0.39 is 33.9 Å². The summed E-state index contributed by atoms with van der Waals surface area (Å²) in [4.78, 5) is 0. The molecular weight excluding hydrogens is 222 g/mol. The predicted molar refractivity (Wildman–Crippen MR) is 2.75 cm³/mol. The van der Waals surface area contributed by atoms with Crippen molar-refractivity contribution in [1.82, 2.24) is 0 Å². The van der Waals surface area contributed by atoms with Gasteiger partial charge in [-0.1, -0.05) is 0 Å². The molecule has 0 aliphatic carbocycles. The SMILES string of the molecule is [Mn].[O]=[Mn]=[O].[O]=[Ti]=[O]. The third-order valence-corrected chi connectivity index (χ3v) is 0. The van der Waals surface area contributed by atoms with Gasteiger partial charge in [-0.05, 0) is 0 Å². The van der Waals surface area contributed by atoms with Crippen molar-refractivity contribution < 1.29 is 65.3 Å². The maximum atomic E-state index is 8.50. The standard InChI is InChI=1S/2Mn.4O.Ti. The summed E-state index contributed by atoms with van der Waals surface area (Å²) in [6.07, 6.45) is 0. The molecule has 0 saturated heterocycles. The fourth-order valence-electron chi connectivity index (χ4n) is 0. The van der Waals surface area contributed by atoms with Crippen molar-refractivity contribution in [3.05, 3.63) is 0 Å². The van der Waals surface area contributed by atoms with Crippen molar-refractivity contribution in [2.24, 2.45) is 0 Å². The van der Waals surface area contributed by atoms with Crippen molar-refractivity contribution in [2.45, 2.75) is 0 Å². The summed E-state index contributed by atoms with van der Waals surface area (Å²) < 4.78 is 33.8. The zero-order valence-corrected chi connectivity index (χ0v) is 6.81. The first-order valence-corrected chi connectivity index (χ1v) is 2.96. The monoisotopic (exact) mass is 222 g/mol. The molecule has 0 aromatic carbocycles. The molecule has 0 heterocycles. The Morgan fingerprint density at radius 2 is 1.14 bits per heavy atom. The molecule has 0 aliphatic rings. The summed E-state index contributed by atoms with van der Waals surface area (Å²) in [5.41, 5.74) is 0. The van der Waals surface area contributed by atoms with Gasteiger partial charge in [-0.3, -0.25) is 0 Å². The maximum absolute atomic E-state index is 8.50. The van der Waals surface area contributed by atoms with Crippen molar-refractivity contribution in [3.63, 3.8) is 0 Å². The zero-order chi connectivity index (χ0) is 5.41. The van der Waals surface area contributed by atoms with Gasteiger partial charge in [0.25, 0.3) is 0 Å². The molecule has 0 unspecified atom stereocenters. The van der Waals surface area contributed by atoms with Crippen LogP contribution in [0.2, 0.25) is 0 Å². The van der Waals surface area contributed by atoms with E-state index in [0.29, 0.717) is 0 Å². The molecule has 0 bridgehead atoms. The number of hydrogen-bond acceptors (Lipinski definition) is 4.